The summed E-state index contributed by atoms with van der Waals surface area (Å²) in [6.07, 6.45) is 17.5. The molecule has 0 nitrogen and oxygen atoms in total. The molecule has 0 N–H and O–H groups in total. The summed E-state index contributed by atoms with van der Waals surface area (Å²) in [5.74, 6) is 0. The molecule has 0 radical (unpaired) electrons. The largest absolute Gasteiger partial charge is 0.0705 e. The molecule has 0 atom stereocenters. The number of hydrogen-bond donors (Lipinski definition) is 0. The van der Waals surface area contributed by atoms with E-state index in [1.165, 1.54) is 11.1 Å². The molecule has 18 heavy (non-hydrogen) atoms. The van der Waals surface area contributed by atoms with Crippen LogP contribution in [0, 0.1) is 0 Å². The zero-order valence-corrected chi connectivity index (χ0v) is 10.9. The normalized spacial score (nSPS) is 21.9. The lowest BCUT2D eigenvalue weighted by atomic mass is 9.78. The van der Waals surface area contributed by atoms with Gasteiger partial charge in [0.25, 0.3) is 0 Å². The summed E-state index contributed by atoms with van der Waals surface area (Å²) in [6.45, 7) is 4.52. The predicted molar refractivity (Wildman–Crippen MR) is 77.7 cm³/mol. The van der Waals surface area contributed by atoms with Gasteiger partial charge in [0.1, 0.15) is 0 Å². The quantitative estimate of drug-likeness (QED) is 0.709. The number of rotatable bonds is 2. The Morgan fingerprint density at radius 3 is 1.44 bits per heavy atom. The molecule has 0 aliphatic heterocycles. The molecule has 0 heterocycles. The van der Waals surface area contributed by atoms with Crippen LogP contribution in [0.4, 0.5) is 0 Å². The van der Waals surface area contributed by atoms with Crippen LogP contribution in [-0.2, 0) is 10.8 Å². The van der Waals surface area contributed by atoms with E-state index in [0.29, 0.717) is 0 Å². The molecule has 0 saturated carbocycles. The van der Waals surface area contributed by atoms with Crippen molar-refractivity contribution < 1.29 is 0 Å². The SMILES string of the molecule is CC1(c2cccc(C3(C)C=CC=C3)c2)C=CC=C1. The van der Waals surface area contributed by atoms with Crippen molar-refractivity contribution in [3.8, 4) is 0 Å². The zero-order chi connectivity index (χ0) is 12.6. The first-order valence-electron chi connectivity index (χ1n) is 6.48. The summed E-state index contributed by atoms with van der Waals surface area (Å²) in [5, 5.41) is 0. The molecule has 2 aliphatic carbocycles. The molecule has 0 spiro atoms. The standard InChI is InChI=1S/C18H18/c1-17(10-3-4-11-17)15-8-7-9-16(14-15)18(2)12-5-6-13-18/h3-14H,1-2H3. The van der Waals surface area contributed by atoms with Gasteiger partial charge >= 0.3 is 0 Å². The van der Waals surface area contributed by atoms with Gasteiger partial charge in [0.2, 0.25) is 0 Å². The van der Waals surface area contributed by atoms with E-state index in [4.69, 9.17) is 0 Å². The fourth-order valence-corrected chi connectivity index (χ4v) is 2.71. The maximum absolute atomic E-state index is 2.33. The van der Waals surface area contributed by atoms with Crippen molar-refractivity contribution >= 4 is 0 Å². The monoisotopic (exact) mass is 234 g/mol. The first-order valence-corrected chi connectivity index (χ1v) is 6.48. The lowest BCUT2D eigenvalue weighted by Crippen LogP contribution is -2.18. The number of benzene rings is 1. The van der Waals surface area contributed by atoms with E-state index in [1.807, 2.05) is 0 Å². The Kier molecular flexibility index (Phi) is 2.41. The molecule has 3 rings (SSSR count). The molecule has 0 heteroatoms. The second kappa shape index (κ2) is 3.84. The Bertz CT molecular complexity index is 509. The second-order valence-electron chi connectivity index (χ2n) is 5.58. The van der Waals surface area contributed by atoms with Crippen LogP contribution in [0.2, 0.25) is 0 Å². The molecule has 1 aromatic rings. The maximum atomic E-state index is 2.33. The second-order valence-corrected chi connectivity index (χ2v) is 5.58. The van der Waals surface area contributed by atoms with Gasteiger partial charge in [0.05, 0.1) is 0 Å². The predicted octanol–water partition coefficient (Wildman–Crippen LogP) is 4.45. The van der Waals surface area contributed by atoms with Crippen molar-refractivity contribution in [1.29, 1.82) is 0 Å². The van der Waals surface area contributed by atoms with Crippen molar-refractivity contribution in [2.45, 2.75) is 24.7 Å². The fourth-order valence-electron chi connectivity index (χ4n) is 2.71. The van der Waals surface area contributed by atoms with Gasteiger partial charge in [-0.15, -0.1) is 0 Å². The lowest BCUT2D eigenvalue weighted by Gasteiger charge is -2.25. The molecule has 0 unspecified atom stereocenters. The minimum atomic E-state index is 0.0540. The van der Waals surface area contributed by atoms with Crippen LogP contribution in [-0.4, -0.2) is 0 Å². The number of hydrogen-bond acceptors (Lipinski definition) is 0. The van der Waals surface area contributed by atoms with Crippen LogP contribution >= 0.6 is 0 Å². The van der Waals surface area contributed by atoms with Crippen LogP contribution in [0.1, 0.15) is 25.0 Å². The summed E-state index contributed by atoms with van der Waals surface area (Å²) < 4.78 is 0. The van der Waals surface area contributed by atoms with E-state index in [9.17, 15) is 0 Å². The molecule has 0 bridgehead atoms. The highest BCUT2D eigenvalue weighted by Gasteiger charge is 2.26. The average molecular weight is 234 g/mol. The summed E-state index contributed by atoms with van der Waals surface area (Å²) in [4.78, 5) is 0. The van der Waals surface area contributed by atoms with Crippen molar-refractivity contribution in [2.24, 2.45) is 0 Å². The zero-order valence-electron chi connectivity index (χ0n) is 10.9. The third-order valence-corrected chi connectivity index (χ3v) is 4.10. The van der Waals surface area contributed by atoms with Gasteiger partial charge in [0.15, 0.2) is 0 Å². The minimum Gasteiger partial charge on any atom is -0.0705 e. The third-order valence-electron chi connectivity index (χ3n) is 4.10. The third kappa shape index (κ3) is 1.69. The Balaban J connectivity index is 2.05. The summed E-state index contributed by atoms with van der Waals surface area (Å²) >= 11 is 0. The molecular weight excluding hydrogens is 216 g/mol. The fraction of sp³-hybridized carbons (Fsp3) is 0.222. The lowest BCUT2D eigenvalue weighted by molar-refractivity contribution is 0.739. The summed E-state index contributed by atoms with van der Waals surface area (Å²) in [5.41, 5.74) is 2.83. The van der Waals surface area contributed by atoms with Crippen LogP contribution in [0.5, 0.6) is 0 Å². The van der Waals surface area contributed by atoms with E-state index in [-0.39, 0.29) is 10.8 Å². The van der Waals surface area contributed by atoms with Crippen molar-refractivity contribution in [3.05, 3.63) is 84.0 Å². The van der Waals surface area contributed by atoms with Gasteiger partial charge in [-0.2, -0.15) is 0 Å². The first-order chi connectivity index (χ1) is 8.62. The molecular formula is C18H18. The first kappa shape index (κ1) is 11.3. The Morgan fingerprint density at radius 2 is 1.06 bits per heavy atom. The van der Waals surface area contributed by atoms with Gasteiger partial charge in [-0.1, -0.05) is 72.9 Å². The van der Waals surface area contributed by atoms with Crippen molar-refractivity contribution in [3.63, 3.8) is 0 Å². The molecule has 0 amide bonds. The molecule has 0 aromatic heterocycles. The van der Waals surface area contributed by atoms with Crippen LogP contribution in [0.3, 0.4) is 0 Å². The highest BCUT2D eigenvalue weighted by Crippen LogP contribution is 2.35. The topological polar surface area (TPSA) is 0 Å². The van der Waals surface area contributed by atoms with E-state index < -0.39 is 0 Å². The summed E-state index contributed by atoms with van der Waals surface area (Å²) in [7, 11) is 0. The van der Waals surface area contributed by atoms with Crippen LogP contribution < -0.4 is 0 Å². The van der Waals surface area contributed by atoms with E-state index in [1.54, 1.807) is 0 Å². The Morgan fingerprint density at radius 1 is 0.667 bits per heavy atom. The van der Waals surface area contributed by atoms with Gasteiger partial charge in [-0.05, 0) is 25.0 Å². The van der Waals surface area contributed by atoms with Crippen LogP contribution in [0.15, 0.2) is 72.9 Å². The average Bonchev–Trinajstić information content (AvgIpc) is 3.01. The number of allylic oxidation sites excluding steroid dienone is 8. The molecule has 1 aromatic carbocycles. The molecule has 90 valence electrons. The van der Waals surface area contributed by atoms with Crippen molar-refractivity contribution in [1.82, 2.24) is 0 Å². The smallest absolute Gasteiger partial charge is 0.0289 e. The highest BCUT2D eigenvalue weighted by molar-refractivity contribution is 5.48. The van der Waals surface area contributed by atoms with Crippen LogP contribution in [0.25, 0.3) is 0 Å². The molecule has 0 fully saturated rings. The highest BCUT2D eigenvalue weighted by atomic mass is 14.3. The minimum absolute atomic E-state index is 0.0540. The van der Waals surface area contributed by atoms with Gasteiger partial charge in [-0.3, -0.25) is 0 Å². The molecule has 0 saturated heterocycles. The Labute approximate surface area is 109 Å². The van der Waals surface area contributed by atoms with E-state index in [0.717, 1.165) is 0 Å². The summed E-state index contributed by atoms with van der Waals surface area (Å²) in [6, 6.07) is 8.94. The van der Waals surface area contributed by atoms with E-state index >= 15 is 0 Å². The van der Waals surface area contributed by atoms with Gasteiger partial charge in [0, 0.05) is 10.8 Å². The maximum Gasteiger partial charge on any atom is 0.0289 e. The van der Waals surface area contributed by atoms with Gasteiger partial charge < -0.3 is 0 Å². The van der Waals surface area contributed by atoms with Gasteiger partial charge in [-0.25, -0.2) is 0 Å². The molecule has 2 aliphatic rings. The Hall–Kier alpha value is -1.82. The van der Waals surface area contributed by atoms with Crippen molar-refractivity contribution in [2.75, 3.05) is 0 Å². The van der Waals surface area contributed by atoms with E-state index in [2.05, 4.69) is 86.7 Å².